The molecule has 120 valence electrons. The fourth-order valence-corrected chi connectivity index (χ4v) is 2.62. The fourth-order valence-electron chi connectivity index (χ4n) is 2.62. The maximum absolute atomic E-state index is 12.1. The molecule has 0 saturated heterocycles. The molecule has 1 aliphatic carbocycles. The van der Waals surface area contributed by atoms with Crippen LogP contribution in [0.4, 0.5) is 5.82 Å². The van der Waals surface area contributed by atoms with Gasteiger partial charge in [-0.15, -0.1) is 0 Å². The van der Waals surface area contributed by atoms with E-state index in [0.29, 0.717) is 24.3 Å². The summed E-state index contributed by atoms with van der Waals surface area (Å²) in [5.41, 5.74) is 11.4. The molecule has 1 heterocycles. The number of rotatable bonds is 5. The molecule has 0 aromatic carbocycles. The smallest absolute Gasteiger partial charge is 0.253 e. The predicted octanol–water partition coefficient (Wildman–Crippen LogP) is 0.170. The van der Waals surface area contributed by atoms with Gasteiger partial charge < -0.3 is 22.1 Å². The summed E-state index contributed by atoms with van der Waals surface area (Å²) in [6.07, 6.45) is 5.26. The Kier molecular flexibility index (Phi) is 5.71. The second-order valence-corrected chi connectivity index (χ2v) is 5.60. The first kappa shape index (κ1) is 16.2. The highest BCUT2D eigenvalue weighted by atomic mass is 16.2. The van der Waals surface area contributed by atoms with Crippen molar-refractivity contribution in [2.24, 2.45) is 5.73 Å². The van der Waals surface area contributed by atoms with E-state index < -0.39 is 0 Å². The van der Waals surface area contributed by atoms with Gasteiger partial charge in [0.15, 0.2) is 0 Å². The van der Waals surface area contributed by atoms with Gasteiger partial charge in [0.05, 0.1) is 5.56 Å². The van der Waals surface area contributed by atoms with E-state index in [1.165, 1.54) is 6.20 Å². The highest BCUT2D eigenvalue weighted by Crippen LogP contribution is 2.19. The van der Waals surface area contributed by atoms with Crippen molar-refractivity contribution in [3.8, 4) is 0 Å². The van der Waals surface area contributed by atoms with Crippen LogP contribution in [0.3, 0.4) is 0 Å². The fraction of sp³-hybridized carbons (Fsp3) is 0.533. The van der Waals surface area contributed by atoms with E-state index >= 15 is 0 Å². The van der Waals surface area contributed by atoms with E-state index in [1.54, 1.807) is 12.1 Å². The van der Waals surface area contributed by atoms with Crippen LogP contribution >= 0.6 is 0 Å². The number of amides is 2. The molecule has 0 bridgehead atoms. The van der Waals surface area contributed by atoms with Crippen LogP contribution < -0.4 is 22.1 Å². The molecule has 22 heavy (non-hydrogen) atoms. The third kappa shape index (κ3) is 4.70. The maximum atomic E-state index is 12.1. The van der Waals surface area contributed by atoms with Gasteiger partial charge in [0.1, 0.15) is 5.82 Å². The Morgan fingerprint density at radius 1 is 1.14 bits per heavy atom. The molecule has 1 aromatic rings. The van der Waals surface area contributed by atoms with Gasteiger partial charge in [0, 0.05) is 31.2 Å². The molecule has 7 heteroatoms. The minimum atomic E-state index is -0.136. The van der Waals surface area contributed by atoms with Crippen molar-refractivity contribution in [2.45, 2.75) is 44.2 Å². The van der Waals surface area contributed by atoms with Crippen molar-refractivity contribution in [1.82, 2.24) is 15.6 Å². The number of hydrogen-bond acceptors (Lipinski definition) is 5. The molecular weight excluding hydrogens is 282 g/mol. The largest absolute Gasteiger partial charge is 0.384 e. The number of anilines is 1. The Morgan fingerprint density at radius 2 is 1.77 bits per heavy atom. The van der Waals surface area contributed by atoms with Crippen LogP contribution in [0.1, 0.15) is 42.5 Å². The van der Waals surface area contributed by atoms with Gasteiger partial charge in [-0.1, -0.05) is 0 Å². The molecule has 6 N–H and O–H groups in total. The molecule has 0 aliphatic heterocycles. The lowest BCUT2D eigenvalue weighted by molar-refractivity contribution is -0.121. The summed E-state index contributed by atoms with van der Waals surface area (Å²) in [4.78, 5) is 27.5. The highest BCUT2D eigenvalue weighted by Gasteiger charge is 2.23. The monoisotopic (exact) mass is 305 g/mol. The van der Waals surface area contributed by atoms with Crippen LogP contribution in [0.15, 0.2) is 18.3 Å². The number of hydrogen-bond donors (Lipinski definition) is 4. The zero-order valence-corrected chi connectivity index (χ0v) is 12.5. The molecule has 0 atom stereocenters. The number of carbonyl (C=O) groups excluding carboxylic acids is 2. The summed E-state index contributed by atoms with van der Waals surface area (Å²) in [6.45, 7) is 0.368. The predicted molar refractivity (Wildman–Crippen MR) is 84.0 cm³/mol. The van der Waals surface area contributed by atoms with Gasteiger partial charge in [0.25, 0.3) is 5.91 Å². The second kappa shape index (κ2) is 7.74. The quantitative estimate of drug-likeness (QED) is 0.617. The van der Waals surface area contributed by atoms with Crippen LogP contribution in [0.5, 0.6) is 0 Å². The third-order valence-corrected chi connectivity index (χ3v) is 3.85. The molecule has 0 radical (unpaired) electrons. The lowest BCUT2D eigenvalue weighted by Crippen LogP contribution is -2.44. The van der Waals surface area contributed by atoms with Crippen LogP contribution in [-0.4, -0.2) is 35.4 Å². The lowest BCUT2D eigenvalue weighted by Gasteiger charge is -2.29. The highest BCUT2D eigenvalue weighted by molar-refractivity contribution is 5.94. The van der Waals surface area contributed by atoms with Crippen molar-refractivity contribution in [3.05, 3.63) is 23.9 Å². The van der Waals surface area contributed by atoms with Crippen molar-refractivity contribution < 1.29 is 9.59 Å². The first-order chi connectivity index (χ1) is 10.6. The second-order valence-electron chi connectivity index (χ2n) is 5.60. The number of nitrogens with two attached hydrogens (primary N) is 2. The van der Waals surface area contributed by atoms with Gasteiger partial charge in [-0.2, -0.15) is 0 Å². The lowest BCUT2D eigenvalue weighted by atomic mass is 9.91. The van der Waals surface area contributed by atoms with E-state index in [4.69, 9.17) is 11.5 Å². The Labute approximate surface area is 129 Å². The average molecular weight is 305 g/mol. The number of pyridine rings is 1. The Morgan fingerprint density at radius 3 is 2.32 bits per heavy atom. The summed E-state index contributed by atoms with van der Waals surface area (Å²) >= 11 is 0. The summed E-state index contributed by atoms with van der Waals surface area (Å²) in [5.74, 6) is 0.260. The topological polar surface area (TPSA) is 123 Å². The normalized spacial score (nSPS) is 21.1. The van der Waals surface area contributed by atoms with Crippen LogP contribution in [0, 0.1) is 0 Å². The van der Waals surface area contributed by atoms with Crippen LogP contribution in [0.25, 0.3) is 0 Å². The van der Waals surface area contributed by atoms with E-state index in [-0.39, 0.29) is 23.9 Å². The summed E-state index contributed by atoms with van der Waals surface area (Å²) in [6, 6.07) is 3.59. The molecule has 1 aliphatic rings. The van der Waals surface area contributed by atoms with E-state index in [1.807, 2.05) is 0 Å². The van der Waals surface area contributed by atoms with E-state index in [0.717, 1.165) is 25.7 Å². The maximum Gasteiger partial charge on any atom is 0.253 e. The molecule has 0 unspecified atom stereocenters. The standard InChI is InChI=1S/C15H23N5O2/c16-8-7-14(21)19-11-2-4-12(5-3-11)20-15(22)10-1-6-13(17)18-9-10/h1,6,9,11-12H,2-5,7-8,16H2,(H2,17,18)(H,19,21)(H,20,22). The van der Waals surface area contributed by atoms with Crippen molar-refractivity contribution in [1.29, 1.82) is 0 Å². The Bertz CT molecular complexity index is 509. The summed E-state index contributed by atoms with van der Waals surface area (Å²) in [5, 5.41) is 5.98. The van der Waals surface area contributed by atoms with E-state index in [9.17, 15) is 9.59 Å². The number of nitrogens with one attached hydrogen (secondary N) is 2. The Balaban J connectivity index is 1.76. The van der Waals surface area contributed by atoms with Gasteiger partial charge in [0.2, 0.25) is 5.91 Å². The first-order valence-corrected chi connectivity index (χ1v) is 7.60. The van der Waals surface area contributed by atoms with Crippen LogP contribution in [-0.2, 0) is 4.79 Å². The minimum Gasteiger partial charge on any atom is -0.384 e. The molecular formula is C15H23N5O2. The molecule has 0 spiro atoms. The SMILES string of the molecule is NCCC(=O)NC1CCC(NC(=O)c2ccc(N)nc2)CC1. The number of carbonyl (C=O) groups is 2. The molecule has 1 saturated carbocycles. The number of aromatic nitrogens is 1. The molecule has 2 amide bonds. The zero-order valence-electron chi connectivity index (χ0n) is 12.5. The van der Waals surface area contributed by atoms with Crippen molar-refractivity contribution >= 4 is 17.6 Å². The van der Waals surface area contributed by atoms with Crippen molar-refractivity contribution in [3.63, 3.8) is 0 Å². The zero-order chi connectivity index (χ0) is 15.9. The van der Waals surface area contributed by atoms with E-state index in [2.05, 4.69) is 15.6 Å². The van der Waals surface area contributed by atoms with Gasteiger partial charge >= 0.3 is 0 Å². The minimum absolute atomic E-state index is 0.00272. The summed E-state index contributed by atoms with van der Waals surface area (Å²) in [7, 11) is 0. The number of nitrogens with zero attached hydrogens (tertiary/aromatic N) is 1. The van der Waals surface area contributed by atoms with Gasteiger partial charge in [-0.25, -0.2) is 4.98 Å². The number of nitrogen functional groups attached to an aromatic ring is 1. The van der Waals surface area contributed by atoms with Crippen LogP contribution in [0.2, 0.25) is 0 Å². The van der Waals surface area contributed by atoms with Crippen molar-refractivity contribution in [2.75, 3.05) is 12.3 Å². The molecule has 1 fully saturated rings. The van der Waals surface area contributed by atoms with Gasteiger partial charge in [-0.05, 0) is 37.8 Å². The average Bonchev–Trinajstić information content (AvgIpc) is 2.50. The van der Waals surface area contributed by atoms with Gasteiger partial charge in [-0.3, -0.25) is 9.59 Å². The molecule has 7 nitrogen and oxygen atoms in total. The molecule has 2 rings (SSSR count). The first-order valence-electron chi connectivity index (χ1n) is 7.60. The summed E-state index contributed by atoms with van der Waals surface area (Å²) < 4.78 is 0. The molecule has 1 aromatic heterocycles. The Hall–Kier alpha value is -2.15. The third-order valence-electron chi connectivity index (χ3n) is 3.85.